The van der Waals surface area contributed by atoms with Crippen molar-refractivity contribution in [2.24, 2.45) is 0 Å². The van der Waals surface area contributed by atoms with E-state index >= 15 is 0 Å². The zero-order chi connectivity index (χ0) is 15.9. The minimum Gasteiger partial charge on any atom is -0.493 e. The van der Waals surface area contributed by atoms with E-state index in [0.29, 0.717) is 17.1 Å². The first kappa shape index (κ1) is 15.8. The molecule has 2 aromatic rings. The SMILES string of the molecule is COc1ccc(CC(=O)NCc2ccccc2F)cc1OC. The van der Waals surface area contributed by atoms with Gasteiger partial charge >= 0.3 is 0 Å². The Balaban J connectivity index is 1.96. The molecule has 116 valence electrons. The van der Waals surface area contributed by atoms with Gasteiger partial charge in [-0.2, -0.15) is 0 Å². The summed E-state index contributed by atoms with van der Waals surface area (Å²) in [6.45, 7) is 0.165. The summed E-state index contributed by atoms with van der Waals surface area (Å²) < 4.78 is 23.8. The number of carbonyl (C=O) groups excluding carboxylic acids is 1. The molecule has 0 aliphatic heterocycles. The van der Waals surface area contributed by atoms with E-state index in [0.717, 1.165) is 5.56 Å². The monoisotopic (exact) mass is 303 g/mol. The molecule has 0 fully saturated rings. The van der Waals surface area contributed by atoms with E-state index in [2.05, 4.69) is 5.32 Å². The van der Waals surface area contributed by atoms with Gasteiger partial charge in [-0.05, 0) is 23.8 Å². The van der Waals surface area contributed by atoms with Crippen LogP contribution in [0.2, 0.25) is 0 Å². The molecule has 0 aliphatic carbocycles. The Morgan fingerprint density at radius 1 is 1.09 bits per heavy atom. The number of nitrogens with one attached hydrogen (secondary N) is 1. The number of carbonyl (C=O) groups is 1. The fourth-order valence-corrected chi connectivity index (χ4v) is 2.07. The highest BCUT2D eigenvalue weighted by Crippen LogP contribution is 2.27. The fraction of sp³-hybridized carbons (Fsp3) is 0.235. The lowest BCUT2D eigenvalue weighted by molar-refractivity contribution is -0.120. The minimum atomic E-state index is -0.325. The summed E-state index contributed by atoms with van der Waals surface area (Å²) in [6.07, 6.45) is 0.189. The second-order valence-corrected chi connectivity index (χ2v) is 4.73. The zero-order valence-corrected chi connectivity index (χ0v) is 12.6. The standard InChI is InChI=1S/C17H18FNO3/c1-21-15-8-7-12(9-16(15)22-2)10-17(20)19-11-13-5-3-4-6-14(13)18/h3-9H,10-11H2,1-2H3,(H,19,20). The van der Waals surface area contributed by atoms with Gasteiger partial charge in [0.05, 0.1) is 20.6 Å². The highest BCUT2D eigenvalue weighted by atomic mass is 19.1. The Labute approximate surface area is 128 Å². The van der Waals surface area contributed by atoms with Crippen molar-refractivity contribution in [2.45, 2.75) is 13.0 Å². The average molecular weight is 303 g/mol. The van der Waals surface area contributed by atoms with E-state index in [1.807, 2.05) is 0 Å². The number of methoxy groups -OCH3 is 2. The smallest absolute Gasteiger partial charge is 0.224 e. The molecule has 0 atom stereocenters. The van der Waals surface area contributed by atoms with E-state index in [4.69, 9.17) is 9.47 Å². The predicted octanol–water partition coefficient (Wildman–Crippen LogP) is 2.70. The number of amides is 1. The number of hydrogen-bond acceptors (Lipinski definition) is 3. The lowest BCUT2D eigenvalue weighted by Crippen LogP contribution is -2.25. The van der Waals surface area contributed by atoms with Gasteiger partial charge in [0, 0.05) is 12.1 Å². The molecule has 2 rings (SSSR count). The Kier molecular flexibility index (Phi) is 5.36. The van der Waals surface area contributed by atoms with Crippen LogP contribution in [-0.4, -0.2) is 20.1 Å². The van der Waals surface area contributed by atoms with Crippen molar-refractivity contribution in [2.75, 3.05) is 14.2 Å². The van der Waals surface area contributed by atoms with Gasteiger partial charge in [-0.25, -0.2) is 4.39 Å². The molecule has 1 amide bonds. The fourth-order valence-electron chi connectivity index (χ4n) is 2.07. The van der Waals surface area contributed by atoms with Crippen LogP contribution in [0.5, 0.6) is 11.5 Å². The van der Waals surface area contributed by atoms with Crippen LogP contribution in [0.3, 0.4) is 0 Å². The Bertz CT molecular complexity index is 658. The van der Waals surface area contributed by atoms with Gasteiger partial charge in [0.15, 0.2) is 11.5 Å². The maximum absolute atomic E-state index is 13.5. The maximum atomic E-state index is 13.5. The zero-order valence-electron chi connectivity index (χ0n) is 12.6. The molecule has 0 spiro atoms. The minimum absolute atomic E-state index is 0.165. The summed E-state index contributed by atoms with van der Waals surface area (Å²) in [5.41, 5.74) is 1.26. The van der Waals surface area contributed by atoms with E-state index in [1.54, 1.807) is 50.6 Å². The Morgan fingerprint density at radius 2 is 1.82 bits per heavy atom. The van der Waals surface area contributed by atoms with Crippen LogP contribution in [0.1, 0.15) is 11.1 Å². The van der Waals surface area contributed by atoms with Crippen molar-refractivity contribution in [3.05, 3.63) is 59.4 Å². The second-order valence-electron chi connectivity index (χ2n) is 4.73. The van der Waals surface area contributed by atoms with Gasteiger partial charge in [-0.1, -0.05) is 24.3 Å². The summed E-state index contributed by atoms with van der Waals surface area (Å²) in [6, 6.07) is 11.7. The van der Waals surface area contributed by atoms with Crippen molar-refractivity contribution in [1.29, 1.82) is 0 Å². The molecule has 5 heteroatoms. The molecule has 1 N–H and O–H groups in total. The van der Waals surface area contributed by atoms with Crippen LogP contribution in [0.4, 0.5) is 4.39 Å². The van der Waals surface area contributed by atoms with Crippen molar-refractivity contribution >= 4 is 5.91 Å². The van der Waals surface area contributed by atoms with Gasteiger partial charge in [0.1, 0.15) is 5.82 Å². The highest BCUT2D eigenvalue weighted by molar-refractivity contribution is 5.78. The molecule has 22 heavy (non-hydrogen) atoms. The lowest BCUT2D eigenvalue weighted by Gasteiger charge is -2.10. The Morgan fingerprint density at radius 3 is 2.50 bits per heavy atom. The summed E-state index contributed by atoms with van der Waals surface area (Å²) in [7, 11) is 3.10. The van der Waals surface area contributed by atoms with Gasteiger partial charge < -0.3 is 14.8 Å². The van der Waals surface area contributed by atoms with Gasteiger partial charge in [-0.15, -0.1) is 0 Å². The van der Waals surface area contributed by atoms with Crippen LogP contribution < -0.4 is 14.8 Å². The molecule has 0 aliphatic rings. The van der Waals surface area contributed by atoms with Crippen LogP contribution in [0.25, 0.3) is 0 Å². The molecule has 0 aromatic heterocycles. The van der Waals surface area contributed by atoms with Crippen LogP contribution in [0.15, 0.2) is 42.5 Å². The van der Waals surface area contributed by atoms with Crippen LogP contribution >= 0.6 is 0 Å². The summed E-state index contributed by atoms with van der Waals surface area (Å²) in [5, 5.41) is 2.70. The normalized spacial score (nSPS) is 10.1. The van der Waals surface area contributed by atoms with E-state index < -0.39 is 0 Å². The van der Waals surface area contributed by atoms with Crippen molar-refractivity contribution < 1.29 is 18.7 Å². The van der Waals surface area contributed by atoms with Crippen molar-refractivity contribution in [3.8, 4) is 11.5 Å². The third-order valence-corrected chi connectivity index (χ3v) is 3.25. The van der Waals surface area contributed by atoms with Crippen LogP contribution in [0, 0.1) is 5.82 Å². The summed E-state index contributed by atoms with van der Waals surface area (Å²) in [4.78, 5) is 11.9. The third-order valence-electron chi connectivity index (χ3n) is 3.25. The molecule has 0 radical (unpaired) electrons. The van der Waals surface area contributed by atoms with E-state index in [-0.39, 0.29) is 24.7 Å². The number of benzene rings is 2. The lowest BCUT2D eigenvalue weighted by atomic mass is 10.1. The van der Waals surface area contributed by atoms with Gasteiger partial charge in [0.25, 0.3) is 0 Å². The van der Waals surface area contributed by atoms with E-state index in [1.165, 1.54) is 6.07 Å². The van der Waals surface area contributed by atoms with E-state index in [9.17, 15) is 9.18 Å². The first-order valence-corrected chi connectivity index (χ1v) is 6.85. The molecule has 2 aromatic carbocycles. The number of hydrogen-bond donors (Lipinski definition) is 1. The quantitative estimate of drug-likeness (QED) is 0.892. The third kappa shape index (κ3) is 3.97. The number of ether oxygens (including phenoxy) is 2. The first-order valence-electron chi connectivity index (χ1n) is 6.85. The molecule has 0 saturated heterocycles. The summed E-state index contributed by atoms with van der Waals surface area (Å²) >= 11 is 0. The molecule has 0 unspecified atom stereocenters. The molecule has 0 bridgehead atoms. The molecule has 4 nitrogen and oxygen atoms in total. The molecular weight excluding hydrogens is 285 g/mol. The average Bonchev–Trinajstić information content (AvgIpc) is 2.54. The predicted molar refractivity (Wildman–Crippen MR) is 81.5 cm³/mol. The Hall–Kier alpha value is -2.56. The van der Waals surface area contributed by atoms with Gasteiger partial charge in [-0.3, -0.25) is 4.79 Å². The molecule has 0 heterocycles. The first-order chi connectivity index (χ1) is 10.6. The maximum Gasteiger partial charge on any atom is 0.224 e. The number of halogens is 1. The molecule has 0 saturated carbocycles. The highest BCUT2D eigenvalue weighted by Gasteiger charge is 2.09. The largest absolute Gasteiger partial charge is 0.493 e. The summed E-state index contributed by atoms with van der Waals surface area (Å²) in [5.74, 6) is 0.671. The van der Waals surface area contributed by atoms with Crippen molar-refractivity contribution in [3.63, 3.8) is 0 Å². The van der Waals surface area contributed by atoms with Gasteiger partial charge in [0.2, 0.25) is 5.91 Å². The van der Waals surface area contributed by atoms with Crippen molar-refractivity contribution in [1.82, 2.24) is 5.32 Å². The molecular formula is C17H18FNO3. The second kappa shape index (κ2) is 7.45. The van der Waals surface area contributed by atoms with Crippen LogP contribution in [-0.2, 0) is 17.8 Å². The number of rotatable bonds is 6. The topological polar surface area (TPSA) is 47.6 Å².